The minimum Gasteiger partial charge on any atom is -0.507 e. The summed E-state index contributed by atoms with van der Waals surface area (Å²) < 4.78 is 23.3. The van der Waals surface area contributed by atoms with Crippen molar-refractivity contribution in [1.82, 2.24) is 25.1 Å². The van der Waals surface area contributed by atoms with Gasteiger partial charge in [0.25, 0.3) is 0 Å². The van der Waals surface area contributed by atoms with Crippen LogP contribution < -0.4 is 10.2 Å². The normalized spacial score (nSPS) is 20.0. The van der Waals surface area contributed by atoms with Crippen molar-refractivity contribution in [3.05, 3.63) is 43.0 Å². The molecular formula is C24H32N6O. The van der Waals surface area contributed by atoms with Crippen LogP contribution in [0.3, 0.4) is 0 Å². The highest BCUT2D eigenvalue weighted by Gasteiger charge is 2.39. The van der Waals surface area contributed by atoms with Crippen LogP contribution in [-0.2, 0) is 6.98 Å². The van der Waals surface area contributed by atoms with Gasteiger partial charge < -0.3 is 15.3 Å². The molecule has 1 saturated heterocycles. The number of phenolic OH excluding ortho intramolecular Hbond substituents is 1. The van der Waals surface area contributed by atoms with Crippen molar-refractivity contribution in [2.24, 2.45) is 6.98 Å². The number of nitrogens with zero attached hydrogens (tertiary/aromatic N) is 5. The second-order valence-electron chi connectivity index (χ2n) is 9.73. The minimum absolute atomic E-state index is 0.0293. The number of hydrogen-bond acceptors (Lipinski definition) is 6. The summed E-state index contributed by atoms with van der Waals surface area (Å²) in [5.74, 6) is 0.826. The lowest BCUT2D eigenvalue weighted by molar-refractivity contribution is 0.160. The molecule has 0 spiro atoms. The first-order chi connectivity index (χ1) is 15.7. The summed E-state index contributed by atoms with van der Waals surface area (Å²) in [4.78, 5) is 11.4. The van der Waals surface area contributed by atoms with Crippen LogP contribution in [0, 0.1) is 0 Å². The van der Waals surface area contributed by atoms with Gasteiger partial charge in [0.2, 0.25) is 0 Å². The Morgan fingerprint density at radius 3 is 2.42 bits per heavy atom. The molecule has 2 aromatic heterocycles. The third kappa shape index (κ3) is 4.56. The zero-order chi connectivity index (χ0) is 24.9. The molecule has 1 aliphatic rings. The molecule has 0 bridgehead atoms. The molecule has 0 radical (unpaired) electrons. The lowest BCUT2D eigenvalue weighted by Crippen LogP contribution is -2.62. The SMILES string of the molecule is [2H]C([2H])([2H])n1cc(-c2ccc(-c3cnc(N(C)C4CC(C)(C)NC(C)(C)C4)cn3)c(O)c2)cn1. The predicted octanol–water partition coefficient (Wildman–Crippen LogP) is 4.00. The molecule has 0 aliphatic carbocycles. The Kier molecular flexibility index (Phi) is 4.37. The summed E-state index contributed by atoms with van der Waals surface area (Å²) >= 11 is 0. The lowest BCUT2D eigenvalue weighted by atomic mass is 9.79. The van der Waals surface area contributed by atoms with Crippen molar-refractivity contribution >= 4 is 5.82 Å². The lowest BCUT2D eigenvalue weighted by Gasteiger charge is -2.49. The molecule has 7 nitrogen and oxygen atoms in total. The maximum Gasteiger partial charge on any atom is 0.147 e. The first-order valence-corrected chi connectivity index (χ1v) is 10.5. The van der Waals surface area contributed by atoms with E-state index in [1.165, 1.54) is 12.4 Å². The fraction of sp³-hybridized carbons (Fsp3) is 0.458. The molecule has 0 atom stereocenters. The van der Waals surface area contributed by atoms with Crippen molar-refractivity contribution in [3.63, 3.8) is 0 Å². The first-order valence-electron chi connectivity index (χ1n) is 12.0. The van der Waals surface area contributed by atoms with Crippen LogP contribution in [0.25, 0.3) is 22.4 Å². The van der Waals surface area contributed by atoms with Crippen molar-refractivity contribution in [3.8, 4) is 28.1 Å². The van der Waals surface area contributed by atoms with E-state index in [1.54, 1.807) is 30.6 Å². The van der Waals surface area contributed by atoms with Gasteiger partial charge >= 0.3 is 0 Å². The van der Waals surface area contributed by atoms with E-state index in [4.69, 9.17) is 4.11 Å². The number of anilines is 1. The van der Waals surface area contributed by atoms with Crippen LogP contribution in [0.5, 0.6) is 5.75 Å². The van der Waals surface area contributed by atoms with E-state index < -0.39 is 6.98 Å². The summed E-state index contributed by atoms with van der Waals surface area (Å²) in [6, 6.07) is 5.46. The number of hydrogen-bond donors (Lipinski definition) is 2. The number of aryl methyl sites for hydroxylation is 1. The van der Waals surface area contributed by atoms with Gasteiger partial charge in [-0.15, -0.1) is 0 Å². The van der Waals surface area contributed by atoms with Crippen LogP contribution in [0.2, 0.25) is 0 Å². The highest BCUT2D eigenvalue weighted by atomic mass is 16.3. The Hall–Kier alpha value is -2.93. The molecule has 0 amide bonds. The molecule has 7 heteroatoms. The highest BCUT2D eigenvalue weighted by molar-refractivity contribution is 5.73. The molecule has 0 unspecified atom stereocenters. The van der Waals surface area contributed by atoms with E-state index in [-0.39, 0.29) is 16.8 Å². The van der Waals surface area contributed by atoms with E-state index in [0.29, 0.717) is 28.4 Å². The van der Waals surface area contributed by atoms with E-state index in [2.05, 4.69) is 60.0 Å². The monoisotopic (exact) mass is 423 g/mol. The molecule has 3 heterocycles. The van der Waals surface area contributed by atoms with Crippen LogP contribution >= 0.6 is 0 Å². The maximum atomic E-state index is 10.6. The van der Waals surface area contributed by atoms with Gasteiger partial charge in [-0.1, -0.05) is 6.07 Å². The summed E-state index contributed by atoms with van der Waals surface area (Å²) in [6.45, 7) is 6.56. The van der Waals surface area contributed by atoms with Gasteiger partial charge in [-0.25, -0.2) is 4.98 Å². The van der Waals surface area contributed by atoms with Gasteiger partial charge in [-0.05, 0) is 58.2 Å². The first kappa shape index (κ1) is 17.7. The average Bonchev–Trinajstić information content (AvgIpc) is 3.22. The molecule has 3 aromatic rings. The van der Waals surface area contributed by atoms with Gasteiger partial charge in [-0.2, -0.15) is 5.10 Å². The van der Waals surface area contributed by atoms with Crippen molar-refractivity contribution in [1.29, 1.82) is 0 Å². The fourth-order valence-corrected chi connectivity index (χ4v) is 4.77. The van der Waals surface area contributed by atoms with Crippen molar-refractivity contribution < 1.29 is 9.22 Å². The minimum atomic E-state index is -2.34. The van der Waals surface area contributed by atoms with Crippen LogP contribution in [-0.4, -0.2) is 49.0 Å². The van der Waals surface area contributed by atoms with Crippen LogP contribution in [0.1, 0.15) is 44.6 Å². The second kappa shape index (κ2) is 7.64. The summed E-state index contributed by atoms with van der Waals surface area (Å²) in [5, 5.41) is 18.3. The van der Waals surface area contributed by atoms with Gasteiger partial charge in [0.05, 0.1) is 24.3 Å². The largest absolute Gasteiger partial charge is 0.507 e. The van der Waals surface area contributed by atoms with Gasteiger partial charge in [0.1, 0.15) is 11.6 Å². The van der Waals surface area contributed by atoms with Gasteiger partial charge in [0, 0.05) is 52.6 Å². The van der Waals surface area contributed by atoms with E-state index in [9.17, 15) is 5.11 Å². The Morgan fingerprint density at radius 2 is 1.84 bits per heavy atom. The second-order valence-corrected chi connectivity index (χ2v) is 9.73. The fourth-order valence-electron chi connectivity index (χ4n) is 4.77. The molecule has 4 rings (SSSR count). The van der Waals surface area contributed by atoms with E-state index >= 15 is 0 Å². The Morgan fingerprint density at radius 1 is 1.10 bits per heavy atom. The smallest absolute Gasteiger partial charge is 0.147 e. The molecule has 31 heavy (non-hydrogen) atoms. The zero-order valence-electron chi connectivity index (χ0n) is 21.7. The van der Waals surface area contributed by atoms with E-state index in [0.717, 1.165) is 23.3 Å². The molecule has 164 valence electrons. The van der Waals surface area contributed by atoms with Crippen LogP contribution in [0.15, 0.2) is 43.0 Å². The topological polar surface area (TPSA) is 79.1 Å². The third-order valence-corrected chi connectivity index (χ3v) is 5.91. The zero-order valence-corrected chi connectivity index (χ0v) is 18.7. The summed E-state index contributed by atoms with van der Waals surface area (Å²) in [6.07, 6.45) is 8.31. The van der Waals surface area contributed by atoms with Crippen LogP contribution in [0.4, 0.5) is 5.82 Å². The van der Waals surface area contributed by atoms with E-state index in [1.807, 2.05) is 0 Å². The summed E-state index contributed by atoms with van der Waals surface area (Å²) in [7, 11) is 2.05. The number of nitrogens with one attached hydrogen (secondary N) is 1. The Labute approximate surface area is 188 Å². The third-order valence-electron chi connectivity index (χ3n) is 5.91. The number of benzene rings is 1. The molecular weight excluding hydrogens is 388 g/mol. The quantitative estimate of drug-likeness (QED) is 0.660. The number of piperidine rings is 1. The Bertz CT molecular complexity index is 1150. The molecule has 1 aliphatic heterocycles. The maximum absolute atomic E-state index is 10.6. The molecule has 2 N–H and O–H groups in total. The average molecular weight is 424 g/mol. The Balaban J connectivity index is 1.53. The number of aromatic nitrogens is 4. The molecule has 0 saturated carbocycles. The molecule has 1 aromatic carbocycles. The molecule has 1 fully saturated rings. The highest BCUT2D eigenvalue weighted by Crippen LogP contribution is 2.34. The summed E-state index contributed by atoms with van der Waals surface area (Å²) in [5.41, 5.74) is 2.44. The number of aromatic hydroxyl groups is 1. The van der Waals surface area contributed by atoms with Gasteiger partial charge in [-0.3, -0.25) is 9.67 Å². The number of phenols is 1. The number of rotatable bonds is 4. The van der Waals surface area contributed by atoms with Crippen molar-refractivity contribution in [2.45, 2.75) is 57.7 Å². The van der Waals surface area contributed by atoms with Gasteiger partial charge in [0.15, 0.2) is 0 Å². The van der Waals surface area contributed by atoms with Crippen molar-refractivity contribution in [2.75, 3.05) is 11.9 Å². The standard InChI is InChI=1S/C24H32N6O/c1-23(2)10-18(11-24(3,4)28-23)30(6)22-14-25-20(13-26-22)19-8-7-16(9-21(19)31)17-12-27-29(5)15-17/h7-9,12-15,18,28,31H,10-11H2,1-6H3/i5D3. The predicted molar refractivity (Wildman–Crippen MR) is 124 cm³/mol.